The molecule has 0 aromatic heterocycles. The second-order valence-corrected chi connectivity index (χ2v) is 4.48. The van der Waals surface area contributed by atoms with Crippen molar-refractivity contribution in [3.63, 3.8) is 0 Å². The first-order valence-corrected chi connectivity index (χ1v) is 6.85. The van der Waals surface area contributed by atoms with Gasteiger partial charge in [0.25, 0.3) is 0 Å². The molecule has 102 valence electrons. The second kappa shape index (κ2) is 7.98. The number of nitrogens with one attached hydrogen (secondary N) is 1. The Morgan fingerprint density at radius 2 is 1.94 bits per heavy atom. The van der Waals surface area contributed by atoms with E-state index in [4.69, 9.17) is 4.74 Å². The van der Waals surface area contributed by atoms with Crippen LogP contribution in [0, 0.1) is 5.92 Å². The first-order chi connectivity index (χ1) is 8.74. The van der Waals surface area contributed by atoms with Crippen molar-refractivity contribution in [2.24, 2.45) is 5.92 Å². The standard InChI is InChI=1S/C15H25NO2/c1-4-12(5-2)10-16-14-7-8-15(18-6-3)13(9-14)11-17/h7-9,12,16-17H,4-6,10-11H2,1-3H3. The van der Waals surface area contributed by atoms with Crippen LogP contribution < -0.4 is 10.1 Å². The number of hydrogen-bond acceptors (Lipinski definition) is 3. The Labute approximate surface area is 110 Å². The summed E-state index contributed by atoms with van der Waals surface area (Å²) < 4.78 is 5.46. The third-order valence-corrected chi connectivity index (χ3v) is 3.28. The molecule has 0 unspecified atom stereocenters. The Balaban J connectivity index is 2.67. The number of anilines is 1. The van der Waals surface area contributed by atoms with Gasteiger partial charge in [0.15, 0.2) is 0 Å². The summed E-state index contributed by atoms with van der Waals surface area (Å²) >= 11 is 0. The fourth-order valence-electron chi connectivity index (χ4n) is 1.95. The lowest BCUT2D eigenvalue weighted by Crippen LogP contribution is -2.12. The molecule has 2 N–H and O–H groups in total. The Kier molecular flexibility index (Phi) is 6.58. The predicted octanol–water partition coefficient (Wildman–Crippen LogP) is 3.43. The molecule has 1 aromatic carbocycles. The zero-order valence-electron chi connectivity index (χ0n) is 11.7. The molecule has 0 amide bonds. The van der Waals surface area contributed by atoms with Crippen LogP contribution in [0.1, 0.15) is 39.2 Å². The Bertz CT molecular complexity index is 348. The molecule has 0 heterocycles. The molecule has 3 heteroatoms. The van der Waals surface area contributed by atoms with E-state index in [9.17, 15) is 5.11 Å². The molecule has 1 rings (SSSR count). The highest BCUT2D eigenvalue weighted by Crippen LogP contribution is 2.23. The molecule has 0 aliphatic rings. The van der Waals surface area contributed by atoms with Crippen LogP contribution in [-0.2, 0) is 6.61 Å². The molecule has 18 heavy (non-hydrogen) atoms. The van der Waals surface area contributed by atoms with Crippen LogP contribution in [0.2, 0.25) is 0 Å². The van der Waals surface area contributed by atoms with E-state index < -0.39 is 0 Å². The zero-order valence-corrected chi connectivity index (χ0v) is 11.7. The largest absolute Gasteiger partial charge is 0.494 e. The van der Waals surface area contributed by atoms with Crippen LogP contribution >= 0.6 is 0 Å². The Morgan fingerprint density at radius 3 is 2.50 bits per heavy atom. The smallest absolute Gasteiger partial charge is 0.124 e. The summed E-state index contributed by atoms with van der Waals surface area (Å²) in [4.78, 5) is 0. The molecule has 0 radical (unpaired) electrons. The lowest BCUT2D eigenvalue weighted by molar-refractivity contribution is 0.267. The number of aliphatic hydroxyl groups is 1. The average Bonchev–Trinajstić information content (AvgIpc) is 2.41. The molecule has 0 fully saturated rings. The summed E-state index contributed by atoms with van der Waals surface area (Å²) in [5.74, 6) is 1.47. The summed E-state index contributed by atoms with van der Waals surface area (Å²) in [6, 6.07) is 5.89. The van der Waals surface area contributed by atoms with E-state index in [1.165, 1.54) is 12.8 Å². The molecule has 0 saturated heterocycles. The van der Waals surface area contributed by atoms with Crippen molar-refractivity contribution < 1.29 is 9.84 Å². The normalized spacial score (nSPS) is 10.7. The van der Waals surface area contributed by atoms with E-state index in [0.29, 0.717) is 12.5 Å². The van der Waals surface area contributed by atoms with Crippen molar-refractivity contribution in [1.29, 1.82) is 0 Å². The van der Waals surface area contributed by atoms with Gasteiger partial charge in [-0.1, -0.05) is 26.7 Å². The van der Waals surface area contributed by atoms with E-state index >= 15 is 0 Å². The van der Waals surface area contributed by atoms with E-state index in [-0.39, 0.29) is 6.61 Å². The first kappa shape index (κ1) is 14.8. The van der Waals surface area contributed by atoms with Crippen molar-refractivity contribution in [2.45, 2.75) is 40.2 Å². The van der Waals surface area contributed by atoms with Gasteiger partial charge >= 0.3 is 0 Å². The van der Waals surface area contributed by atoms with E-state index in [0.717, 1.165) is 23.5 Å². The molecule has 0 atom stereocenters. The third kappa shape index (κ3) is 4.22. The van der Waals surface area contributed by atoms with E-state index in [1.54, 1.807) is 0 Å². The number of benzene rings is 1. The van der Waals surface area contributed by atoms with Crippen molar-refractivity contribution in [3.8, 4) is 5.75 Å². The van der Waals surface area contributed by atoms with Gasteiger partial charge in [0.1, 0.15) is 5.75 Å². The van der Waals surface area contributed by atoms with Crippen molar-refractivity contribution >= 4 is 5.69 Å². The Hall–Kier alpha value is -1.22. The van der Waals surface area contributed by atoms with Crippen LogP contribution in [0.4, 0.5) is 5.69 Å². The van der Waals surface area contributed by atoms with Gasteiger partial charge in [-0.2, -0.15) is 0 Å². The molecule has 0 spiro atoms. The highest BCUT2D eigenvalue weighted by atomic mass is 16.5. The minimum absolute atomic E-state index is 0.00976. The predicted molar refractivity (Wildman–Crippen MR) is 76.1 cm³/mol. The maximum Gasteiger partial charge on any atom is 0.124 e. The summed E-state index contributed by atoms with van der Waals surface area (Å²) in [5, 5.41) is 12.8. The van der Waals surface area contributed by atoms with Crippen LogP contribution in [0.25, 0.3) is 0 Å². The maximum atomic E-state index is 9.33. The molecule has 0 bridgehead atoms. The first-order valence-electron chi connectivity index (χ1n) is 6.85. The lowest BCUT2D eigenvalue weighted by Gasteiger charge is -2.16. The average molecular weight is 251 g/mol. The fourth-order valence-corrected chi connectivity index (χ4v) is 1.95. The van der Waals surface area contributed by atoms with Gasteiger partial charge in [-0.25, -0.2) is 0 Å². The van der Waals surface area contributed by atoms with Crippen molar-refractivity contribution in [3.05, 3.63) is 23.8 Å². The molecule has 3 nitrogen and oxygen atoms in total. The van der Waals surface area contributed by atoms with Gasteiger partial charge in [0.2, 0.25) is 0 Å². The van der Waals surface area contributed by atoms with E-state index in [2.05, 4.69) is 19.2 Å². The molecular weight excluding hydrogens is 226 g/mol. The lowest BCUT2D eigenvalue weighted by atomic mass is 10.0. The number of hydrogen-bond donors (Lipinski definition) is 2. The van der Waals surface area contributed by atoms with Crippen LogP contribution in [-0.4, -0.2) is 18.3 Å². The SMILES string of the molecule is CCOc1ccc(NCC(CC)CC)cc1CO. The molecule has 1 aromatic rings. The third-order valence-electron chi connectivity index (χ3n) is 3.28. The quantitative estimate of drug-likeness (QED) is 0.744. The van der Waals surface area contributed by atoms with Gasteiger partial charge in [-0.15, -0.1) is 0 Å². The minimum Gasteiger partial charge on any atom is -0.494 e. The van der Waals surface area contributed by atoms with Gasteiger partial charge in [0, 0.05) is 17.8 Å². The topological polar surface area (TPSA) is 41.5 Å². The summed E-state index contributed by atoms with van der Waals surface area (Å²) in [6.45, 7) is 7.98. The van der Waals surface area contributed by atoms with Crippen molar-refractivity contribution in [2.75, 3.05) is 18.5 Å². The molecule has 0 saturated carbocycles. The van der Waals surface area contributed by atoms with Gasteiger partial charge in [-0.05, 0) is 31.0 Å². The van der Waals surface area contributed by atoms with Gasteiger partial charge in [-0.3, -0.25) is 0 Å². The summed E-state index contributed by atoms with van der Waals surface area (Å²) in [7, 11) is 0. The van der Waals surface area contributed by atoms with Crippen molar-refractivity contribution in [1.82, 2.24) is 0 Å². The number of rotatable bonds is 8. The summed E-state index contributed by atoms with van der Waals surface area (Å²) in [6.07, 6.45) is 2.38. The highest BCUT2D eigenvalue weighted by Gasteiger charge is 2.06. The summed E-state index contributed by atoms with van der Waals surface area (Å²) in [5.41, 5.74) is 1.89. The second-order valence-electron chi connectivity index (χ2n) is 4.48. The van der Waals surface area contributed by atoms with Crippen LogP contribution in [0.5, 0.6) is 5.75 Å². The monoisotopic (exact) mass is 251 g/mol. The van der Waals surface area contributed by atoms with E-state index in [1.807, 2.05) is 25.1 Å². The molecule has 0 aliphatic heterocycles. The zero-order chi connectivity index (χ0) is 13.4. The number of aliphatic hydroxyl groups excluding tert-OH is 1. The molecule has 0 aliphatic carbocycles. The Morgan fingerprint density at radius 1 is 1.22 bits per heavy atom. The number of ether oxygens (including phenoxy) is 1. The van der Waals surface area contributed by atoms with Crippen LogP contribution in [0.15, 0.2) is 18.2 Å². The fraction of sp³-hybridized carbons (Fsp3) is 0.600. The van der Waals surface area contributed by atoms with Crippen LogP contribution in [0.3, 0.4) is 0 Å². The molecular formula is C15H25NO2. The maximum absolute atomic E-state index is 9.33. The highest BCUT2D eigenvalue weighted by molar-refractivity contribution is 5.51. The van der Waals surface area contributed by atoms with Gasteiger partial charge in [0.05, 0.1) is 13.2 Å². The minimum atomic E-state index is 0.00976. The van der Waals surface area contributed by atoms with Gasteiger partial charge < -0.3 is 15.2 Å².